The van der Waals surface area contributed by atoms with Crippen molar-refractivity contribution in [2.24, 2.45) is 11.7 Å². The zero-order chi connectivity index (χ0) is 19.8. The summed E-state index contributed by atoms with van der Waals surface area (Å²) >= 11 is 0. The third-order valence-corrected chi connectivity index (χ3v) is 7.29. The van der Waals surface area contributed by atoms with Crippen molar-refractivity contribution in [2.45, 2.75) is 56.3 Å². The van der Waals surface area contributed by atoms with Gasteiger partial charge in [0, 0.05) is 25.2 Å². The molecule has 0 aromatic heterocycles. The molecule has 1 heterocycles. The van der Waals surface area contributed by atoms with Gasteiger partial charge in [-0.2, -0.15) is 4.31 Å². The number of sulfonamides is 1. The molecule has 7 nitrogen and oxygen atoms in total. The molecule has 1 saturated heterocycles. The molecule has 1 saturated carbocycles. The Kier molecular flexibility index (Phi) is 5.63. The Morgan fingerprint density at radius 1 is 1.22 bits per heavy atom. The average Bonchev–Trinajstić information content (AvgIpc) is 3.46. The largest absolute Gasteiger partial charge is 0.373 e. The molecule has 0 radical (unpaired) electrons. The van der Waals surface area contributed by atoms with E-state index in [0.717, 1.165) is 12.8 Å². The van der Waals surface area contributed by atoms with Gasteiger partial charge in [-0.15, -0.1) is 0 Å². The molecular weight excluding hydrogens is 366 g/mol. The maximum absolute atomic E-state index is 12.9. The van der Waals surface area contributed by atoms with Crippen LogP contribution in [0.3, 0.4) is 0 Å². The molecule has 3 unspecified atom stereocenters. The molecule has 150 valence electrons. The monoisotopic (exact) mass is 395 g/mol. The summed E-state index contributed by atoms with van der Waals surface area (Å²) in [4.78, 5) is 12.7. The first-order valence-corrected chi connectivity index (χ1v) is 10.9. The maximum Gasteiger partial charge on any atom is 0.251 e. The number of morpholine rings is 1. The van der Waals surface area contributed by atoms with Crippen molar-refractivity contribution in [3.05, 3.63) is 29.8 Å². The molecule has 3 atom stereocenters. The van der Waals surface area contributed by atoms with E-state index >= 15 is 0 Å². The molecule has 0 bridgehead atoms. The number of carbonyl (C=O) groups is 1. The summed E-state index contributed by atoms with van der Waals surface area (Å²) in [6.07, 6.45) is 1.85. The van der Waals surface area contributed by atoms with Crippen molar-refractivity contribution >= 4 is 15.9 Å². The van der Waals surface area contributed by atoms with E-state index in [1.165, 1.54) is 16.4 Å². The van der Waals surface area contributed by atoms with Crippen LogP contribution in [-0.2, 0) is 14.8 Å². The Morgan fingerprint density at radius 2 is 1.78 bits per heavy atom. The van der Waals surface area contributed by atoms with Gasteiger partial charge >= 0.3 is 0 Å². The lowest BCUT2D eigenvalue weighted by atomic mass is 9.95. The van der Waals surface area contributed by atoms with Crippen molar-refractivity contribution in [1.82, 2.24) is 9.62 Å². The molecule has 1 aliphatic carbocycles. The summed E-state index contributed by atoms with van der Waals surface area (Å²) in [6, 6.07) is 6.09. The van der Waals surface area contributed by atoms with Crippen LogP contribution in [0.5, 0.6) is 0 Å². The highest BCUT2D eigenvalue weighted by atomic mass is 32.2. The van der Waals surface area contributed by atoms with E-state index in [-0.39, 0.29) is 23.0 Å². The lowest BCUT2D eigenvalue weighted by Gasteiger charge is -2.34. The molecule has 1 amide bonds. The molecule has 3 N–H and O–H groups in total. The van der Waals surface area contributed by atoms with Crippen LogP contribution in [0.4, 0.5) is 0 Å². The molecule has 3 rings (SSSR count). The van der Waals surface area contributed by atoms with Crippen molar-refractivity contribution in [2.75, 3.05) is 19.6 Å². The van der Waals surface area contributed by atoms with Gasteiger partial charge in [-0.3, -0.25) is 4.79 Å². The molecule has 27 heavy (non-hydrogen) atoms. The van der Waals surface area contributed by atoms with Crippen LogP contribution in [0.25, 0.3) is 0 Å². The fraction of sp³-hybridized carbons (Fsp3) is 0.632. The topological polar surface area (TPSA) is 102 Å². The Labute approximate surface area is 161 Å². The molecule has 0 spiro atoms. The van der Waals surface area contributed by atoms with Crippen molar-refractivity contribution in [3.8, 4) is 0 Å². The Balaban J connectivity index is 1.73. The van der Waals surface area contributed by atoms with Gasteiger partial charge in [-0.05, 0) is 63.8 Å². The zero-order valence-corrected chi connectivity index (χ0v) is 17.0. The number of carbonyl (C=O) groups excluding carboxylic acids is 1. The number of hydrogen-bond donors (Lipinski definition) is 2. The third kappa shape index (κ3) is 4.34. The second-order valence-corrected chi connectivity index (χ2v) is 9.89. The van der Waals surface area contributed by atoms with Crippen molar-refractivity contribution < 1.29 is 17.9 Å². The SMILES string of the molecule is CC1CN(S(=O)(=O)c2ccc(C(=O)NC(C)(CN)C3CC3)cc2)CC(C)O1. The fourth-order valence-electron chi connectivity index (χ4n) is 3.63. The number of nitrogens with one attached hydrogen (secondary N) is 1. The van der Waals surface area contributed by atoms with Crippen LogP contribution >= 0.6 is 0 Å². The molecule has 2 fully saturated rings. The second kappa shape index (κ2) is 7.50. The van der Waals surface area contributed by atoms with Crippen LogP contribution in [-0.4, -0.2) is 56.0 Å². The highest BCUT2D eigenvalue weighted by Crippen LogP contribution is 2.39. The van der Waals surface area contributed by atoms with Gasteiger partial charge in [0.1, 0.15) is 0 Å². The first-order valence-electron chi connectivity index (χ1n) is 9.44. The molecule has 8 heteroatoms. The van der Waals surface area contributed by atoms with Gasteiger partial charge in [0.25, 0.3) is 5.91 Å². The van der Waals surface area contributed by atoms with Crippen LogP contribution in [0.2, 0.25) is 0 Å². The fourth-order valence-corrected chi connectivity index (χ4v) is 5.22. The van der Waals surface area contributed by atoms with Crippen LogP contribution < -0.4 is 11.1 Å². The Morgan fingerprint density at radius 3 is 2.26 bits per heavy atom. The number of amides is 1. The van der Waals surface area contributed by atoms with Gasteiger partial charge in [-0.1, -0.05) is 0 Å². The standard InChI is InChI=1S/C19H29N3O4S/c1-13-10-22(11-14(2)26-13)27(24,25)17-8-4-15(5-9-17)18(23)21-19(3,12-20)16-6-7-16/h4-5,8-9,13-14,16H,6-7,10-12,20H2,1-3H3,(H,21,23). The number of ether oxygens (including phenoxy) is 1. The summed E-state index contributed by atoms with van der Waals surface area (Å²) in [6.45, 7) is 6.71. The van der Waals surface area contributed by atoms with E-state index in [0.29, 0.717) is 31.1 Å². The van der Waals surface area contributed by atoms with Crippen LogP contribution in [0, 0.1) is 5.92 Å². The predicted octanol–water partition coefficient (Wildman–Crippen LogP) is 1.34. The number of benzene rings is 1. The molecule has 1 aromatic carbocycles. The smallest absolute Gasteiger partial charge is 0.251 e. The summed E-state index contributed by atoms with van der Waals surface area (Å²) in [5, 5.41) is 3.01. The normalized spacial score (nSPS) is 26.4. The lowest BCUT2D eigenvalue weighted by Crippen LogP contribution is -2.53. The first kappa shape index (κ1) is 20.3. The predicted molar refractivity (Wildman–Crippen MR) is 103 cm³/mol. The van der Waals surface area contributed by atoms with E-state index < -0.39 is 15.6 Å². The van der Waals surface area contributed by atoms with Crippen LogP contribution in [0.1, 0.15) is 44.0 Å². The number of nitrogens with two attached hydrogens (primary N) is 1. The van der Waals surface area contributed by atoms with Crippen molar-refractivity contribution in [3.63, 3.8) is 0 Å². The molecule has 1 aromatic rings. The number of hydrogen-bond acceptors (Lipinski definition) is 5. The highest BCUT2D eigenvalue weighted by molar-refractivity contribution is 7.89. The Hall–Kier alpha value is -1.48. The van der Waals surface area contributed by atoms with E-state index in [2.05, 4.69) is 5.32 Å². The maximum atomic E-state index is 12.9. The first-order chi connectivity index (χ1) is 12.7. The quantitative estimate of drug-likeness (QED) is 0.757. The highest BCUT2D eigenvalue weighted by Gasteiger charge is 2.41. The van der Waals surface area contributed by atoms with E-state index in [1.807, 2.05) is 20.8 Å². The third-order valence-electron chi connectivity index (χ3n) is 5.44. The minimum absolute atomic E-state index is 0.148. The van der Waals surface area contributed by atoms with E-state index in [9.17, 15) is 13.2 Å². The van der Waals surface area contributed by atoms with Gasteiger partial charge in [0.2, 0.25) is 10.0 Å². The number of nitrogens with zero attached hydrogens (tertiary/aromatic N) is 1. The van der Waals surface area contributed by atoms with E-state index in [1.54, 1.807) is 12.1 Å². The van der Waals surface area contributed by atoms with Gasteiger partial charge in [0.05, 0.1) is 22.6 Å². The molecular formula is C19H29N3O4S. The molecule has 2 aliphatic rings. The van der Waals surface area contributed by atoms with Crippen LogP contribution in [0.15, 0.2) is 29.2 Å². The van der Waals surface area contributed by atoms with Gasteiger partial charge in [0.15, 0.2) is 0 Å². The van der Waals surface area contributed by atoms with Crippen molar-refractivity contribution in [1.29, 1.82) is 0 Å². The summed E-state index contributed by atoms with van der Waals surface area (Å²) < 4.78 is 32.8. The second-order valence-electron chi connectivity index (χ2n) is 7.95. The summed E-state index contributed by atoms with van der Waals surface area (Å²) in [5.74, 6) is 0.184. The zero-order valence-electron chi connectivity index (χ0n) is 16.1. The average molecular weight is 396 g/mol. The van der Waals surface area contributed by atoms with Gasteiger partial charge in [-0.25, -0.2) is 8.42 Å². The molecule has 1 aliphatic heterocycles. The minimum atomic E-state index is -3.61. The summed E-state index contributed by atoms with van der Waals surface area (Å²) in [5.41, 5.74) is 5.86. The number of rotatable bonds is 6. The van der Waals surface area contributed by atoms with Gasteiger partial charge < -0.3 is 15.8 Å². The lowest BCUT2D eigenvalue weighted by molar-refractivity contribution is -0.0440. The minimum Gasteiger partial charge on any atom is -0.373 e. The van der Waals surface area contributed by atoms with E-state index in [4.69, 9.17) is 10.5 Å². The Bertz CT molecular complexity index is 782. The summed E-state index contributed by atoms with van der Waals surface area (Å²) in [7, 11) is -3.61.